The molecule has 1 aromatic rings. The maximum atomic E-state index is 13.2. The molecule has 1 heterocycles. The first-order chi connectivity index (χ1) is 14.4. The van der Waals surface area contributed by atoms with Crippen LogP contribution in [-0.4, -0.2) is 37.5 Å². The van der Waals surface area contributed by atoms with Crippen LogP contribution >= 0.6 is 23.2 Å². The van der Waals surface area contributed by atoms with Gasteiger partial charge < -0.3 is 15.8 Å². The minimum atomic E-state index is -0.805. The number of piperidine rings is 1. The molecule has 3 rings (SSSR count). The maximum absolute atomic E-state index is 13.2. The third kappa shape index (κ3) is 5.76. The van der Waals surface area contributed by atoms with Crippen LogP contribution in [0, 0.1) is 11.3 Å². The normalized spacial score (nSPS) is 21.6. The number of carbonyl (C=O) groups excluding carboxylic acids is 2. The number of nitrogens with two attached hydrogens (primary N) is 1. The zero-order valence-corrected chi connectivity index (χ0v) is 18.9. The van der Waals surface area contributed by atoms with E-state index in [0.29, 0.717) is 35.3 Å². The van der Waals surface area contributed by atoms with Crippen molar-refractivity contribution in [2.75, 3.05) is 13.1 Å². The molecule has 0 aromatic heterocycles. The summed E-state index contributed by atoms with van der Waals surface area (Å²) in [5, 5.41) is 4.33. The van der Waals surface area contributed by atoms with Gasteiger partial charge in [0.05, 0.1) is 16.1 Å². The maximum Gasteiger partial charge on any atom is 0.293 e. The molecule has 1 aromatic carbocycles. The first-order valence-corrected chi connectivity index (χ1v) is 11.7. The Bertz CT molecular complexity index is 731. The summed E-state index contributed by atoms with van der Waals surface area (Å²) in [5.41, 5.74) is 7.12. The van der Waals surface area contributed by atoms with E-state index in [1.54, 1.807) is 12.1 Å². The Morgan fingerprint density at radius 2 is 1.90 bits per heavy atom. The molecule has 1 aliphatic carbocycles. The number of ether oxygens (including phenoxy) is 1. The number of hydrogen-bond donors (Lipinski definition) is 2. The highest BCUT2D eigenvalue weighted by Gasteiger charge is 2.44. The molecule has 2 unspecified atom stereocenters. The zero-order chi connectivity index (χ0) is 21.6. The van der Waals surface area contributed by atoms with Gasteiger partial charge in [0, 0.05) is 0 Å². The number of halogens is 2. The second kappa shape index (κ2) is 10.9. The largest absolute Gasteiger partial charge is 0.456 e. The second-order valence-corrected chi connectivity index (χ2v) is 9.65. The van der Waals surface area contributed by atoms with Crippen LogP contribution in [0.15, 0.2) is 18.2 Å². The Kier molecular flexibility index (Phi) is 8.58. The van der Waals surface area contributed by atoms with Crippen molar-refractivity contribution in [2.45, 2.75) is 69.9 Å². The average Bonchev–Trinajstić information content (AvgIpc) is 2.77. The van der Waals surface area contributed by atoms with Gasteiger partial charge >= 0.3 is 0 Å². The van der Waals surface area contributed by atoms with E-state index < -0.39 is 12.1 Å². The van der Waals surface area contributed by atoms with E-state index in [1.807, 2.05) is 6.07 Å². The molecule has 7 heteroatoms. The van der Waals surface area contributed by atoms with Gasteiger partial charge in [0.2, 0.25) is 0 Å². The van der Waals surface area contributed by atoms with Crippen molar-refractivity contribution in [1.29, 1.82) is 0 Å². The number of carbonyl (C=O) groups is 2. The monoisotopic (exact) mass is 454 g/mol. The Morgan fingerprint density at radius 3 is 2.53 bits per heavy atom. The molecule has 0 bridgehead atoms. The van der Waals surface area contributed by atoms with Gasteiger partial charge in [0.15, 0.2) is 11.9 Å². The predicted octanol–water partition coefficient (Wildman–Crippen LogP) is 4.31. The van der Waals surface area contributed by atoms with Crippen molar-refractivity contribution in [3.8, 4) is 0 Å². The minimum Gasteiger partial charge on any atom is -0.456 e. The fourth-order valence-electron chi connectivity index (χ4n) is 5.33. The molecule has 166 valence electrons. The van der Waals surface area contributed by atoms with E-state index in [4.69, 9.17) is 33.7 Å². The van der Waals surface area contributed by atoms with E-state index in [-0.39, 0.29) is 11.2 Å². The van der Waals surface area contributed by atoms with Crippen molar-refractivity contribution in [1.82, 2.24) is 5.32 Å². The molecule has 1 saturated carbocycles. The van der Waals surface area contributed by atoms with Crippen LogP contribution in [-0.2, 0) is 20.7 Å². The lowest BCUT2D eigenvalue weighted by Gasteiger charge is -2.47. The van der Waals surface area contributed by atoms with Gasteiger partial charge in [-0.3, -0.25) is 9.59 Å². The van der Waals surface area contributed by atoms with Crippen LogP contribution in [0.1, 0.15) is 56.9 Å². The van der Waals surface area contributed by atoms with Crippen molar-refractivity contribution in [3.05, 3.63) is 33.8 Å². The zero-order valence-electron chi connectivity index (χ0n) is 17.4. The summed E-state index contributed by atoms with van der Waals surface area (Å²) in [7, 11) is 0. The minimum absolute atomic E-state index is 0.0261. The fourth-order valence-corrected chi connectivity index (χ4v) is 5.65. The van der Waals surface area contributed by atoms with Crippen LogP contribution in [0.3, 0.4) is 0 Å². The molecule has 0 spiro atoms. The van der Waals surface area contributed by atoms with Crippen molar-refractivity contribution < 1.29 is 14.3 Å². The van der Waals surface area contributed by atoms with Gasteiger partial charge in [-0.25, -0.2) is 0 Å². The quantitative estimate of drug-likeness (QED) is 0.543. The molecule has 0 amide bonds. The Hall–Kier alpha value is -1.14. The van der Waals surface area contributed by atoms with Crippen LogP contribution in [0.2, 0.25) is 10.0 Å². The molecule has 2 atom stereocenters. The van der Waals surface area contributed by atoms with Crippen LogP contribution in [0.5, 0.6) is 0 Å². The van der Waals surface area contributed by atoms with E-state index in [9.17, 15) is 9.59 Å². The molecule has 2 fully saturated rings. The van der Waals surface area contributed by atoms with Crippen LogP contribution in [0.25, 0.3) is 0 Å². The van der Waals surface area contributed by atoms with Crippen molar-refractivity contribution in [2.24, 2.45) is 17.1 Å². The van der Waals surface area contributed by atoms with Crippen LogP contribution < -0.4 is 11.1 Å². The molecule has 1 saturated heterocycles. The molecule has 30 heavy (non-hydrogen) atoms. The summed E-state index contributed by atoms with van der Waals surface area (Å²) in [4.78, 5) is 24.4. The van der Waals surface area contributed by atoms with E-state index >= 15 is 0 Å². The lowest BCUT2D eigenvalue weighted by Crippen LogP contribution is -2.49. The molecule has 1 aliphatic heterocycles. The van der Waals surface area contributed by atoms with Crippen LogP contribution in [0.4, 0.5) is 0 Å². The van der Waals surface area contributed by atoms with Gasteiger partial charge in [0.1, 0.15) is 0 Å². The van der Waals surface area contributed by atoms with Gasteiger partial charge in [-0.2, -0.15) is 0 Å². The highest BCUT2D eigenvalue weighted by atomic mass is 35.5. The van der Waals surface area contributed by atoms with Gasteiger partial charge in [-0.05, 0) is 80.6 Å². The van der Waals surface area contributed by atoms with Gasteiger partial charge in [0.25, 0.3) is 6.47 Å². The number of hydrogen-bond acceptors (Lipinski definition) is 5. The third-order valence-corrected chi connectivity index (χ3v) is 7.74. The number of ketones is 1. The summed E-state index contributed by atoms with van der Waals surface area (Å²) < 4.78 is 5.35. The smallest absolute Gasteiger partial charge is 0.293 e. The molecule has 0 radical (unpaired) electrons. The summed E-state index contributed by atoms with van der Waals surface area (Å²) in [5.74, 6) is 0.354. The second-order valence-electron chi connectivity index (χ2n) is 8.83. The number of benzene rings is 1. The molecule has 3 N–H and O–H groups in total. The highest BCUT2D eigenvalue weighted by Crippen LogP contribution is 2.48. The summed E-state index contributed by atoms with van der Waals surface area (Å²) in [6, 6.07) is 4.47. The number of nitrogens with one attached hydrogen (secondary N) is 1. The van der Waals surface area contributed by atoms with E-state index in [0.717, 1.165) is 31.5 Å². The van der Waals surface area contributed by atoms with Crippen molar-refractivity contribution >= 4 is 35.5 Å². The highest BCUT2D eigenvalue weighted by molar-refractivity contribution is 6.42. The molecular weight excluding hydrogens is 423 g/mol. The average molecular weight is 455 g/mol. The first kappa shape index (κ1) is 23.5. The lowest BCUT2D eigenvalue weighted by molar-refractivity contribution is -0.148. The van der Waals surface area contributed by atoms with Gasteiger partial charge in [-0.15, -0.1) is 0 Å². The number of rotatable bonds is 9. The summed E-state index contributed by atoms with van der Waals surface area (Å²) in [6.07, 6.45) is 8.24. The summed E-state index contributed by atoms with van der Waals surface area (Å²) in [6.45, 7) is 2.27. The number of Topliss-reactive ketones (excluding diaryl/α,β-unsaturated/α-hetero) is 1. The topological polar surface area (TPSA) is 81.4 Å². The van der Waals surface area contributed by atoms with Crippen molar-refractivity contribution in [3.63, 3.8) is 0 Å². The Balaban J connectivity index is 1.74. The lowest BCUT2D eigenvalue weighted by atomic mass is 9.61. The van der Waals surface area contributed by atoms with E-state index in [2.05, 4.69) is 5.32 Å². The SMILES string of the molecule is NC(Cc1ccc(Cl)c(Cl)c1)C(=O)C(CC1(C2CCCCC2)CCNCC1)OC=O. The fraction of sp³-hybridized carbons (Fsp3) is 0.652. The predicted molar refractivity (Wildman–Crippen MR) is 120 cm³/mol. The first-order valence-electron chi connectivity index (χ1n) is 11.0. The molecule has 2 aliphatic rings. The third-order valence-electron chi connectivity index (χ3n) is 7.00. The molecular formula is C23H32Cl2N2O3. The Morgan fingerprint density at radius 1 is 1.20 bits per heavy atom. The van der Waals surface area contributed by atoms with Gasteiger partial charge in [-0.1, -0.05) is 48.5 Å². The molecule has 5 nitrogen and oxygen atoms in total. The van der Waals surface area contributed by atoms with E-state index in [1.165, 1.54) is 32.1 Å². The standard InChI is InChI=1S/C23H32Cl2N2O3/c24-18-7-6-16(12-19(18)25)13-20(26)22(29)21(30-15-28)14-23(8-10-27-11-9-23)17-4-2-1-3-5-17/h6-7,12,15,17,20-21,27H,1-5,8-11,13-14,26H2. The Labute approximate surface area is 189 Å². The summed E-state index contributed by atoms with van der Waals surface area (Å²) >= 11 is 12.1.